The van der Waals surface area contributed by atoms with Crippen molar-refractivity contribution >= 4 is 11.8 Å². The number of hydrogen-bond acceptors (Lipinski definition) is 3. The molecule has 0 aliphatic rings. The normalized spacial score (nSPS) is 10.8. The van der Waals surface area contributed by atoms with E-state index in [4.69, 9.17) is 10.2 Å². The van der Waals surface area contributed by atoms with Crippen LogP contribution in [0, 0.1) is 13.8 Å². The van der Waals surface area contributed by atoms with E-state index < -0.39 is 0 Å². The topological polar surface area (TPSA) is 39.2 Å². The Morgan fingerprint density at radius 1 is 1.18 bits per heavy atom. The fraction of sp³-hybridized carbons (Fsp3) is 0.286. The van der Waals surface area contributed by atoms with Crippen molar-refractivity contribution < 1.29 is 4.42 Å². The molecule has 90 valence electrons. The minimum atomic E-state index is 0.701. The molecule has 0 saturated carbocycles. The Balaban J connectivity index is 2.19. The molecule has 1 heterocycles. The average Bonchev–Trinajstić information content (AvgIpc) is 2.69. The number of hydrogen-bond donors (Lipinski definition) is 1. The summed E-state index contributed by atoms with van der Waals surface area (Å²) < 4.78 is 5.30. The molecule has 0 aliphatic heterocycles. The molecule has 2 rings (SSSR count). The second-order valence-electron chi connectivity index (χ2n) is 4.08. The van der Waals surface area contributed by atoms with Gasteiger partial charge >= 0.3 is 0 Å². The van der Waals surface area contributed by atoms with E-state index in [9.17, 15) is 0 Å². The molecule has 0 radical (unpaired) electrons. The number of rotatable bonds is 4. The molecule has 3 heteroatoms. The molecule has 0 saturated heterocycles. The molecule has 0 fully saturated rings. The Hall–Kier alpha value is -1.19. The standard InChI is InChI=1S/C14H17NOS/c1-10-9-12(5-7-15)3-4-13(10)17-14-6-8-16-11(14)2/h3-4,6,8-9H,5,7,15H2,1-2H3. The van der Waals surface area contributed by atoms with Gasteiger partial charge in [-0.3, -0.25) is 0 Å². The van der Waals surface area contributed by atoms with E-state index in [1.807, 2.05) is 13.0 Å². The highest BCUT2D eigenvalue weighted by Crippen LogP contribution is 2.33. The van der Waals surface area contributed by atoms with E-state index >= 15 is 0 Å². The van der Waals surface area contributed by atoms with Crippen LogP contribution in [0.3, 0.4) is 0 Å². The van der Waals surface area contributed by atoms with Gasteiger partial charge in [-0.15, -0.1) is 0 Å². The SMILES string of the molecule is Cc1cc(CCN)ccc1Sc1ccoc1C. The van der Waals surface area contributed by atoms with Crippen LogP contribution >= 0.6 is 11.8 Å². The van der Waals surface area contributed by atoms with Gasteiger partial charge in [0.2, 0.25) is 0 Å². The number of nitrogens with two attached hydrogens (primary N) is 1. The van der Waals surface area contributed by atoms with Crippen molar-refractivity contribution in [3.05, 3.63) is 47.4 Å². The molecule has 0 aliphatic carbocycles. The summed E-state index contributed by atoms with van der Waals surface area (Å²) in [6, 6.07) is 8.53. The molecule has 2 aromatic rings. The highest BCUT2D eigenvalue weighted by molar-refractivity contribution is 7.99. The predicted molar refractivity (Wildman–Crippen MR) is 71.5 cm³/mol. The summed E-state index contributed by atoms with van der Waals surface area (Å²) in [7, 11) is 0. The van der Waals surface area contributed by atoms with Crippen molar-refractivity contribution in [1.29, 1.82) is 0 Å². The largest absolute Gasteiger partial charge is 0.468 e. The van der Waals surface area contributed by atoms with Gasteiger partial charge in [-0.1, -0.05) is 23.9 Å². The summed E-state index contributed by atoms with van der Waals surface area (Å²) >= 11 is 1.75. The maximum absolute atomic E-state index is 5.56. The Kier molecular flexibility index (Phi) is 3.92. The maximum Gasteiger partial charge on any atom is 0.114 e. The van der Waals surface area contributed by atoms with Gasteiger partial charge in [0.1, 0.15) is 5.76 Å². The fourth-order valence-corrected chi connectivity index (χ4v) is 2.65. The van der Waals surface area contributed by atoms with E-state index in [2.05, 4.69) is 25.1 Å². The van der Waals surface area contributed by atoms with Gasteiger partial charge in [-0.05, 0) is 50.1 Å². The first kappa shape index (κ1) is 12.3. The Morgan fingerprint density at radius 2 is 2.00 bits per heavy atom. The van der Waals surface area contributed by atoms with Gasteiger partial charge in [0.05, 0.1) is 11.2 Å². The monoisotopic (exact) mass is 247 g/mol. The van der Waals surface area contributed by atoms with Crippen molar-refractivity contribution in [1.82, 2.24) is 0 Å². The van der Waals surface area contributed by atoms with E-state index in [0.29, 0.717) is 6.54 Å². The molecule has 1 aromatic heterocycles. The minimum Gasteiger partial charge on any atom is -0.468 e. The third-order valence-electron chi connectivity index (χ3n) is 2.70. The van der Waals surface area contributed by atoms with Crippen LogP contribution in [-0.4, -0.2) is 6.54 Å². The molecule has 0 bridgehead atoms. The fourth-order valence-electron chi connectivity index (χ4n) is 1.75. The first-order chi connectivity index (χ1) is 8.20. The number of furan rings is 1. The van der Waals surface area contributed by atoms with Gasteiger partial charge in [-0.25, -0.2) is 0 Å². The first-order valence-electron chi connectivity index (χ1n) is 5.72. The van der Waals surface area contributed by atoms with E-state index in [-0.39, 0.29) is 0 Å². The van der Waals surface area contributed by atoms with Gasteiger partial charge in [0, 0.05) is 4.90 Å². The lowest BCUT2D eigenvalue weighted by molar-refractivity contribution is 0.527. The van der Waals surface area contributed by atoms with Crippen molar-refractivity contribution in [2.75, 3.05) is 6.54 Å². The second kappa shape index (κ2) is 5.43. The third kappa shape index (κ3) is 2.93. The lowest BCUT2D eigenvalue weighted by Crippen LogP contribution is -2.02. The van der Waals surface area contributed by atoms with Crippen LogP contribution in [0.5, 0.6) is 0 Å². The van der Waals surface area contributed by atoms with Crippen molar-refractivity contribution in [2.45, 2.75) is 30.1 Å². The van der Waals surface area contributed by atoms with Crippen molar-refractivity contribution in [3.63, 3.8) is 0 Å². The zero-order valence-corrected chi connectivity index (χ0v) is 11.0. The van der Waals surface area contributed by atoms with Gasteiger partial charge in [0.25, 0.3) is 0 Å². The molecule has 0 spiro atoms. The summed E-state index contributed by atoms with van der Waals surface area (Å²) in [6.45, 7) is 4.82. The first-order valence-corrected chi connectivity index (χ1v) is 6.54. The molecule has 0 atom stereocenters. The zero-order valence-electron chi connectivity index (χ0n) is 10.2. The van der Waals surface area contributed by atoms with E-state index in [1.54, 1.807) is 18.0 Å². The quantitative estimate of drug-likeness (QED) is 0.898. The molecule has 2 N–H and O–H groups in total. The summed E-state index contributed by atoms with van der Waals surface area (Å²) in [5.74, 6) is 0.973. The van der Waals surface area contributed by atoms with Crippen LogP contribution in [0.2, 0.25) is 0 Å². The van der Waals surface area contributed by atoms with Crippen LogP contribution in [0.15, 0.2) is 44.7 Å². The molecular weight excluding hydrogens is 230 g/mol. The van der Waals surface area contributed by atoms with E-state index in [0.717, 1.165) is 12.2 Å². The van der Waals surface area contributed by atoms with Gasteiger partial charge < -0.3 is 10.2 Å². The predicted octanol–water partition coefficient (Wildman–Crippen LogP) is 3.55. The van der Waals surface area contributed by atoms with Gasteiger partial charge in [-0.2, -0.15) is 0 Å². The van der Waals surface area contributed by atoms with E-state index in [1.165, 1.54) is 20.9 Å². The Labute approximate surface area is 106 Å². The third-order valence-corrected chi connectivity index (χ3v) is 4.02. The minimum absolute atomic E-state index is 0.701. The lowest BCUT2D eigenvalue weighted by Gasteiger charge is -2.07. The van der Waals surface area contributed by atoms with Gasteiger partial charge in [0.15, 0.2) is 0 Å². The zero-order chi connectivity index (χ0) is 12.3. The van der Waals surface area contributed by atoms with Crippen LogP contribution in [0.1, 0.15) is 16.9 Å². The molecule has 0 unspecified atom stereocenters. The lowest BCUT2D eigenvalue weighted by atomic mass is 10.1. The second-order valence-corrected chi connectivity index (χ2v) is 5.17. The molecule has 17 heavy (non-hydrogen) atoms. The van der Waals surface area contributed by atoms with Crippen molar-refractivity contribution in [2.24, 2.45) is 5.73 Å². The number of benzene rings is 1. The number of aryl methyl sites for hydroxylation is 2. The molecule has 2 nitrogen and oxygen atoms in total. The van der Waals surface area contributed by atoms with Crippen LogP contribution in [0.25, 0.3) is 0 Å². The van der Waals surface area contributed by atoms with Crippen LogP contribution < -0.4 is 5.73 Å². The summed E-state index contributed by atoms with van der Waals surface area (Å²) in [5.41, 5.74) is 8.16. The Morgan fingerprint density at radius 3 is 2.59 bits per heavy atom. The smallest absolute Gasteiger partial charge is 0.114 e. The van der Waals surface area contributed by atoms with Crippen molar-refractivity contribution in [3.8, 4) is 0 Å². The summed E-state index contributed by atoms with van der Waals surface area (Å²) in [5, 5.41) is 0. The molecular formula is C14H17NOS. The maximum atomic E-state index is 5.56. The van der Waals surface area contributed by atoms with Crippen LogP contribution in [-0.2, 0) is 6.42 Å². The van der Waals surface area contributed by atoms with Crippen LogP contribution in [0.4, 0.5) is 0 Å². The highest BCUT2D eigenvalue weighted by Gasteiger charge is 2.06. The summed E-state index contributed by atoms with van der Waals surface area (Å²) in [6.07, 6.45) is 2.67. The average molecular weight is 247 g/mol. The Bertz CT molecular complexity index is 505. The highest BCUT2D eigenvalue weighted by atomic mass is 32.2. The summed E-state index contributed by atoms with van der Waals surface area (Å²) in [4.78, 5) is 2.45. The molecule has 0 amide bonds. The molecule has 1 aromatic carbocycles.